The molecule has 2 aliphatic rings. The van der Waals surface area contributed by atoms with Gasteiger partial charge in [-0.3, -0.25) is 0 Å². The van der Waals surface area contributed by atoms with Crippen LogP contribution in [0.4, 0.5) is 17.3 Å². The normalized spacial score (nSPS) is 19.2. The number of nitrogens with one attached hydrogen (secondary N) is 1. The fraction of sp³-hybridized carbons (Fsp3) is 0.667. The summed E-state index contributed by atoms with van der Waals surface area (Å²) in [5.41, 5.74) is 8.59. The molecule has 1 aromatic heterocycles. The Morgan fingerprint density at radius 3 is 2.71 bits per heavy atom. The third-order valence-electron chi connectivity index (χ3n) is 5.11. The van der Waals surface area contributed by atoms with E-state index in [4.69, 9.17) is 5.73 Å². The Morgan fingerprint density at radius 2 is 2.00 bits per heavy atom. The zero-order valence-electron chi connectivity index (χ0n) is 14.8. The van der Waals surface area contributed by atoms with Crippen LogP contribution in [-0.4, -0.2) is 54.1 Å². The van der Waals surface area contributed by atoms with Gasteiger partial charge in [-0.15, -0.1) is 0 Å². The minimum Gasteiger partial charge on any atom is -0.393 e. The molecule has 6 nitrogen and oxygen atoms in total. The predicted octanol–water partition coefficient (Wildman–Crippen LogP) is 2.50. The van der Waals surface area contributed by atoms with Crippen LogP contribution in [-0.2, 0) is 0 Å². The first-order valence-corrected chi connectivity index (χ1v) is 9.27. The minimum atomic E-state index is 0.681. The molecule has 0 unspecified atom stereocenters. The lowest BCUT2D eigenvalue weighted by atomic mass is 9.97. The van der Waals surface area contributed by atoms with Crippen LogP contribution < -0.4 is 16.0 Å². The van der Waals surface area contributed by atoms with E-state index < -0.39 is 0 Å². The number of allylic oxidation sites excluding steroid dienone is 1. The van der Waals surface area contributed by atoms with E-state index in [0.717, 1.165) is 57.3 Å². The largest absolute Gasteiger partial charge is 0.393 e. The van der Waals surface area contributed by atoms with Crippen molar-refractivity contribution in [2.45, 2.75) is 39.0 Å². The van der Waals surface area contributed by atoms with Gasteiger partial charge in [0, 0.05) is 32.7 Å². The second-order valence-electron chi connectivity index (χ2n) is 6.67. The van der Waals surface area contributed by atoms with Gasteiger partial charge in [0.1, 0.15) is 12.0 Å². The molecule has 0 saturated carbocycles. The molecule has 0 amide bonds. The average Bonchev–Trinajstić information content (AvgIpc) is 2.64. The smallest absolute Gasteiger partial charge is 0.157 e. The van der Waals surface area contributed by atoms with Crippen LogP contribution in [0.2, 0.25) is 0 Å². The van der Waals surface area contributed by atoms with Gasteiger partial charge in [-0.1, -0.05) is 18.6 Å². The number of anilines is 3. The van der Waals surface area contributed by atoms with Crippen LogP contribution >= 0.6 is 0 Å². The first-order valence-electron chi connectivity index (χ1n) is 9.27. The van der Waals surface area contributed by atoms with E-state index in [0.29, 0.717) is 5.69 Å². The van der Waals surface area contributed by atoms with Gasteiger partial charge in [0.05, 0.1) is 0 Å². The summed E-state index contributed by atoms with van der Waals surface area (Å²) >= 11 is 0. The number of rotatable bonds is 6. The highest BCUT2D eigenvalue weighted by molar-refractivity contribution is 5.75. The van der Waals surface area contributed by atoms with E-state index in [1.165, 1.54) is 25.7 Å². The number of nitrogens with two attached hydrogens (primary N) is 1. The Kier molecular flexibility index (Phi) is 5.91. The zero-order valence-corrected chi connectivity index (χ0v) is 14.8. The van der Waals surface area contributed by atoms with Crippen LogP contribution in [0.3, 0.4) is 0 Å². The van der Waals surface area contributed by atoms with Crippen molar-refractivity contribution in [2.75, 3.05) is 55.2 Å². The van der Waals surface area contributed by atoms with Gasteiger partial charge in [-0.05, 0) is 38.6 Å². The molecule has 1 aliphatic heterocycles. The lowest BCUT2D eigenvalue weighted by Gasteiger charge is -2.35. The maximum atomic E-state index is 6.34. The highest BCUT2D eigenvalue weighted by Gasteiger charge is 2.20. The quantitative estimate of drug-likeness (QED) is 0.781. The Balaban J connectivity index is 1.58. The SMILES string of the molecule is CCN1CCN(c2ncnc(NCCC3=CCCCC3)c2N)CC1. The molecule has 1 aromatic rings. The number of hydrogen-bond donors (Lipinski definition) is 2. The van der Waals surface area contributed by atoms with Gasteiger partial charge in [-0.25, -0.2) is 9.97 Å². The van der Waals surface area contributed by atoms with E-state index in [1.807, 2.05) is 0 Å². The summed E-state index contributed by atoms with van der Waals surface area (Å²) in [6.07, 6.45) is 10.2. The molecule has 6 heteroatoms. The van der Waals surface area contributed by atoms with Crippen molar-refractivity contribution in [3.8, 4) is 0 Å². The number of nitrogen functional groups attached to an aromatic ring is 1. The van der Waals surface area contributed by atoms with Crippen LogP contribution in [0.25, 0.3) is 0 Å². The second kappa shape index (κ2) is 8.33. The van der Waals surface area contributed by atoms with E-state index >= 15 is 0 Å². The Morgan fingerprint density at radius 1 is 1.17 bits per heavy atom. The summed E-state index contributed by atoms with van der Waals surface area (Å²) in [4.78, 5) is 13.5. The van der Waals surface area contributed by atoms with Crippen molar-refractivity contribution in [3.63, 3.8) is 0 Å². The Bertz CT molecular complexity index is 563. The summed E-state index contributed by atoms with van der Waals surface area (Å²) in [5.74, 6) is 1.65. The van der Waals surface area contributed by atoms with Crippen molar-refractivity contribution < 1.29 is 0 Å². The van der Waals surface area contributed by atoms with Crippen molar-refractivity contribution >= 4 is 17.3 Å². The molecule has 132 valence electrons. The minimum absolute atomic E-state index is 0.681. The molecule has 1 fully saturated rings. The number of hydrogen-bond acceptors (Lipinski definition) is 6. The van der Waals surface area contributed by atoms with Gasteiger partial charge < -0.3 is 20.9 Å². The predicted molar refractivity (Wildman–Crippen MR) is 100 cm³/mol. The summed E-state index contributed by atoms with van der Waals surface area (Å²) < 4.78 is 0. The molecular formula is C18H30N6. The fourth-order valence-corrected chi connectivity index (χ4v) is 3.53. The number of likely N-dealkylation sites (N-methyl/N-ethyl adjacent to an activating group) is 1. The maximum Gasteiger partial charge on any atom is 0.157 e. The summed E-state index contributed by atoms with van der Waals surface area (Å²) in [6.45, 7) is 8.28. The molecule has 24 heavy (non-hydrogen) atoms. The lowest BCUT2D eigenvalue weighted by Crippen LogP contribution is -2.46. The van der Waals surface area contributed by atoms with Crippen molar-refractivity contribution in [3.05, 3.63) is 18.0 Å². The third kappa shape index (κ3) is 4.17. The number of nitrogens with zero attached hydrogens (tertiary/aromatic N) is 4. The first-order chi connectivity index (χ1) is 11.8. The van der Waals surface area contributed by atoms with Gasteiger partial charge in [0.25, 0.3) is 0 Å². The summed E-state index contributed by atoms with van der Waals surface area (Å²) in [5, 5.41) is 3.41. The highest BCUT2D eigenvalue weighted by atomic mass is 15.3. The standard InChI is InChI=1S/C18H30N6/c1-2-23-10-12-24(13-11-23)18-16(19)17(21-14-22-18)20-9-8-15-6-4-3-5-7-15/h6,14H,2-5,7-13,19H2,1H3,(H,20,21,22). The molecule has 0 bridgehead atoms. The van der Waals surface area contributed by atoms with E-state index in [-0.39, 0.29) is 0 Å². The van der Waals surface area contributed by atoms with Gasteiger partial charge in [0.2, 0.25) is 0 Å². The Labute approximate surface area is 145 Å². The van der Waals surface area contributed by atoms with Gasteiger partial charge >= 0.3 is 0 Å². The van der Waals surface area contributed by atoms with E-state index in [9.17, 15) is 0 Å². The molecule has 3 N–H and O–H groups in total. The van der Waals surface area contributed by atoms with Crippen LogP contribution in [0.1, 0.15) is 39.0 Å². The topological polar surface area (TPSA) is 70.3 Å². The molecule has 0 atom stereocenters. The lowest BCUT2D eigenvalue weighted by molar-refractivity contribution is 0.270. The fourth-order valence-electron chi connectivity index (χ4n) is 3.53. The van der Waals surface area contributed by atoms with E-state index in [1.54, 1.807) is 11.9 Å². The average molecular weight is 330 g/mol. The monoisotopic (exact) mass is 330 g/mol. The second-order valence-corrected chi connectivity index (χ2v) is 6.67. The van der Waals surface area contributed by atoms with Crippen molar-refractivity contribution in [1.82, 2.24) is 14.9 Å². The summed E-state index contributed by atoms with van der Waals surface area (Å²) in [7, 11) is 0. The highest BCUT2D eigenvalue weighted by Crippen LogP contribution is 2.27. The maximum absolute atomic E-state index is 6.34. The molecule has 2 heterocycles. The third-order valence-corrected chi connectivity index (χ3v) is 5.11. The van der Waals surface area contributed by atoms with E-state index in [2.05, 4.69) is 38.1 Å². The zero-order chi connectivity index (χ0) is 16.8. The van der Waals surface area contributed by atoms with Crippen LogP contribution in [0, 0.1) is 0 Å². The molecule has 0 aromatic carbocycles. The molecule has 3 rings (SSSR count). The Hall–Kier alpha value is -1.82. The van der Waals surface area contributed by atoms with Crippen LogP contribution in [0.5, 0.6) is 0 Å². The number of aromatic nitrogens is 2. The molecule has 1 aliphatic carbocycles. The van der Waals surface area contributed by atoms with Gasteiger partial charge in [-0.2, -0.15) is 0 Å². The van der Waals surface area contributed by atoms with Crippen molar-refractivity contribution in [2.24, 2.45) is 0 Å². The first kappa shape index (κ1) is 17.0. The summed E-state index contributed by atoms with van der Waals surface area (Å²) in [6, 6.07) is 0. The molecule has 1 saturated heterocycles. The molecular weight excluding hydrogens is 300 g/mol. The van der Waals surface area contributed by atoms with Gasteiger partial charge in [0.15, 0.2) is 11.6 Å². The van der Waals surface area contributed by atoms with Crippen molar-refractivity contribution in [1.29, 1.82) is 0 Å². The molecule has 0 radical (unpaired) electrons. The number of piperazine rings is 1. The van der Waals surface area contributed by atoms with Crippen LogP contribution in [0.15, 0.2) is 18.0 Å². The molecule has 0 spiro atoms.